The van der Waals surface area contributed by atoms with Crippen molar-refractivity contribution in [2.45, 2.75) is 12.8 Å². The maximum absolute atomic E-state index is 14.0. The normalized spacial score (nSPS) is 15.9. The topological polar surface area (TPSA) is 80.5 Å². The molecule has 0 radical (unpaired) electrons. The molecule has 1 aliphatic rings. The van der Waals surface area contributed by atoms with Crippen LogP contribution in [-0.4, -0.2) is 42.6 Å². The van der Waals surface area contributed by atoms with Crippen LogP contribution in [0.15, 0.2) is 12.3 Å². The number of nitrogens with zero attached hydrogens (tertiary/aromatic N) is 2. The zero-order chi connectivity index (χ0) is 14.5. The number of pyridine rings is 1. The van der Waals surface area contributed by atoms with Crippen LogP contribution in [0.5, 0.6) is 0 Å². The summed E-state index contributed by atoms with van der Waals surface area (Å²) in [5.41, 5.74) is 2.11. The number of hydrogen-bond acceptors (Lipinski definition) is 5. The lowest BCUT2D eigenvalue weighted by molar-refractivity contribution is 0.0495. The second kappa shape index (κ2) is 6.62. The van der Waals surface area contributed by atoms with E-state index < -0.39 is 5.82 Å². The minimum Gasteiger partial charge on any atom is -0.381 e. The zero-order valence-corrected chi connectivity index (χ0v) is 11.4. The molecule has 2 rings (SSSR count). The Bertz CT molecular complexity index is 477. The van der Waals surface area contributed by atoms with Crippen molar-refractivity contribution in [3.05, 3.63) is 23.6 Å². The minimum absolute atomic E-state index is 0.0255. The third-order valence-electron chi connectivity index (χ3n) is 3.48. The van der Waals surface area contributed by atoms with Gasteiger partial charge in [-0.2, -0.15) is 0 Å². The average Bonchev–Trinajstić information content (AvgIpc) is 2.48. The molecule has 6 nitrogen and oxygen atoms in total. The summed E-state index contributed by atoms with van der Waals surface area (Å²) in [6, 6.07) is 1.36. The predicted octanol–water partition coefficient (Wildman–Crippen LogP) is 1.00. The van der Waals surface area contributed by atoms with Gasteiger partial charge in [0.15, 0.2) is 11.6 Å². The molecule has 2 heterocycles. The molecule has 1 aliphatic heterocycles. The SMILES string of the molecule is CN(CC1CCOCC1)C(=O)c1ccnc(NN)c1F. The van der Waals surface area contributed by atoms with E-state index in [1.54, 1.807) is 7.05 Å². The Balaban J connectivity index is 2.06. The molecular formula is C13H19FN4O2. The van der Waals surface area contributed by atoms with Gasteiger partial charge in [-0.3, -0.25) is 4.79 Å². The number of nitrogens with one attached hydrogen (secondary N) is 1. The molecule has 1 amide bonds. The van der Waals surface area contributed by atoms with Crippen molar-refractivity contribution in [1.29, 1.82) is 0 Å². The molecule has 0 aliphatic carbocycles. The van der Waals surface area contributed by atoms with Crippen molar-refractivity contribution in [1.82, 2.24) is 9.88 Å². The van der Waals surface area contributed by atoms with Gasteiger partial charge in [-0.05, 0) is 24.8 Å². The summed E-state index contributed by atoms with van der Waals surface area (Å²) in [7, 11) is 1.67. The molecule has 1 aromatic rings. The van der Waals surface area contributed by atoms with Crippen molar-refractivity contribution in [2.24, 2.45) is 11.8 Å². The van der Waals surface area contributed by atoms with E-state index in [0.29, 0.717) is 12.5 Å². The standard InChI is InChI=1S/C13H19FN4O2/c1-18(8-9-3-6-20-7-4-9)13(19)10-2-5-16-12(17-15)11(10)14/h2,5,9H,3-4,6-8,15H2,1H3,(H,16,17). The van der Waals surface area contributed by atoms with Crippen LogP contribution >= 0.6 is 0 Å². The fourth-order valence-corrected chi connectivity index (χ4v) is 2.31. The lowest BCUT2D eigenvalue weighted by Crippen LogP contribution is -2.34. The highest BCUT2D eigenvalue weighted by Gasteiger charge is 2.22. The predicted molar refractivity (Wildman–Crippen MR) is 72.5 cm³/mol. The Labute approximate surface area is 117 Å². The molecule has 1 fully saturated rings. The molecular weight excluding hydrogens is 263 g/mol. The second-order valence-corrected chi connectivity index (χ2v) is 4.91. The summed E-state index contributed by atoms with van der Waals surface area (Å²) >= 11 is 0. The average molecular weight is 282 g/mol. The van der Waals surface area contributed by atoms with Crippen molar-refractivity contribution in [2.75, 3.05) is 32.2 Å². The highest BCUT2D eigenvalue weighted by molar-refractivity contribution is 5.95. The first-order valence-electron chi connectivity index (χ1n) is 6.57. The van der Waals surface area contributed by atoms with E-state index in [9.17, 15) is 9.18 Å². The van der Waals surface area contributed by atoms with Crippen LogP contribution < -0.4 is 11.3 Å². The van der Waals surface area contributed by atoms with Crippen LogP contribution in [-0.2, 0) is 4.74 Å². The first-order chi connectivity index (χ1) is 9.63. The number of anilines is 1. The summed E-state index contributed by atoms with van der Waals surface area (Å²) in [4.78, 5) is 17.5. The van der Waals surface area contributed by atoms with Gasteiger partial charge < -0.3 is 15.1 Å². The number of halogens is 1. The van der Waals surface area contributed by atoms with E-state index in [2.05, 4.69) is 10.4 Å². The quantitative estimate of drug-likeness (QED) is 0.636. The van der Waals surface area contributed by atoms with Gasteiger partial charge in [0.1, 0.15) is 0 Å². The van der Waals surface area contributed by atoms with Gasteiger partial charge in [-0.15, -0.1) is 0 Å². The first kappa shape index (κ1) is 14.7. The molecule has 0 aromatic carbocycles. The van der Waals surface area contributed by atoms with E-state index in [4.69, 9.17) is 10.6 Å². The third-order valence-corrected chi connectivity index (χ3v) is 3.48. The maximum atomic E-state index is 14.0. The number of ether oxygens (including phenoxy) is 1. The van der Waals surface area contributed by atoms with Crippen LogP contribution in [0.25, 0.3) is 0 Å². The molecule has 110 valence electrons. The maximum Gasteiger partial charge on any atom is 0.256 e. The van der Waals surface area contributed by atoms with Crippen LogP contribution in [0.4, 0.5) is 10.2 Å². The first-order valence-corrected chi connectivity index (χ1v) is 6.57. The minimum atomic E-state index is -0.723. The van der Waals surface area contributed by atoms with Crippen molar-refractivity contribution in [3.63, 3.8) is 0 Å². The molecule has 0 spiro atoms. The molecule has 7 heteroatoms. The molecule has 0 atom stereocenters. The highest BCUT2D eigenvalue weighted by Crippen LogP contribution is 2.19. The van der Waals surface area contributed by atoms with Crippen LogP contribution in [0.1, 0.15) is 23.2 Å². The number of nitrogens with two attached hydrogens (primary N) is 1. The fourth-order valence-electron chi connectivity index (χ4n) is 2.31. The number of amides is 1. The lowest BCUT2D eigenvalue weighted by atomic mass is 9.99. The number of carbonyl (C=O) groups is 1. The van der Waals surface area contributed by atoms with Crippen LogP contribution in [0, 0.1) is 11.7 Å². The zero-order valence-electron chi connectivity index (χ0n) is 11.4. The number of hydrazine groups is 1. The van der Waals surface area contributed by atoms with E-state index >= 15 is 0 Å². The number of rotatable bonds is 4. The molecule has 0 unspecified atom stereocenters. The monoisotopic (exact) mass is 282 g/mol. The Kier molecular flexibility index (Phi) is 4.86. The van der Waals surface area contributed by atoms with Crippen molar-refractivity contribution >= 4 is 11.7 Å². The largest absolute Gasteiger partial charge is 0.381 e. The summed E-state index contributed by atoms with van der Waals surface area (Å²) in [5, 5.41) is 0. The number of aromatic nitrogens is 1. The fraction of sp³-hybridized carbons (Fsp3) is 0.538. The van der Waals surface area contributed by atoms with Gasteiger partial charge in [0.2, 0.25) is 0 Å². The Morgan fingerprint density at radius 3 is 2.95 bits per heavy atom. The summed E-state index contributed by atoms with van der Waals surface area (Å²) in [6.07, 6.45) is 3.20. The van der Waals surface area contributed by atoms with E-state index in [-0.39, 0.29) is 17.3 Å². The van der Waals surface area contributed by atoms with E-state index in [1.165, 1.54) is 17.2 Å². The molecule has 1 saturated heterocycles. The summed E-state index contributed by atoms with van der Waals surface area (Å²) in [5.74, 6) is 4.33. The smallest absolute Gasteiger partial charge is 0.256 e. The number of nitrogen functional groups attached to an aromatic ring is 1. The number of carbonyl (C=O) groups excluding carboxylic acids is 1. The van der Waals surface area contributed by atoms with Crippen molar-refractivity contribution < 1.29 is 13.9 Å². The number of hydrogen-bond donors (Lipinski definition) is 2. The van der Waals surface area contributed by atoms with E-state index in [1.807, 2.05) is 0 Å². The van der Waals surface area contributed by atoms with Crippen LogP contribution in [0.2, 0.25) is 0 Å². The van der Waals surface area contributed by atoms with Gasteiger partial charge in [-0.25, -0.2) is 15.2 Å². The van der Waals surface area contributed by atoms with Gasteiger partial charge >= 0.3 is 0 Å². The lowest BCUT2D eigenvalue weighted by Gasteiger charge is -2.27. The molecule has 20 heavy (non-hydrogen) atoms. The van der Waals surface area contributed by atoms with Gasteiger partial charge in [0.05, 0.1) is 5.56 Å². The highest BCUT2D eigenvalue weighted by atomic mass is 19.1. The third kappa shape index (κ3) is 3.23. The Morgan fingerprint density at radius 2 is 2.30 bits per heavy atom. The Hall–Kier alpha value is -1.73. The Morgan fingerprint density at radius 1 is 1.60 bits per heavy atom. The summed E-state index contributed by atoms with van der Waals surface area (Å²) in [6.45, 7) is 2.03. The van der Waals surface area contributed by atoms with Gasteiger partial charge in [0.25, 0.3) is 5.91 Å². The molecule has 0 bridgehead atoms. The van der Waals surface area contributed by atoms with Gasteiger partial charge in [0, 0.05) is 33.0 Å². The molecule has 3 N–H and O–H groups in total. The molecule has 1 aromatic heterocycles. The summed E-state index contributed by atoms with van der Waals surface area (Å²) < 4.78 is 19.3. The second-order valence-electron chi connectivity index (χ2n) is 4.91. The van der Waals surface area contributed by atoms with Gasteiger partial charge in [-0.1, -0.05) is 0 Å². The molecule has 0 saturated carbocycles. The van der Waals surface area contributed by atoms with Crippen LogP contribution in [0.3, 0.4) is 0 Å². The van der Waals surface area contributed by atoms with Crippen molar-refractivity contribution in [3.8, 4) is 0 Å². The van der Waals surface area contributed by atoms with E-state index in [0.717, 1.165) is 26.1 Å².